The van der Waals surface area contributed by atoms with Crippen LogP contribution in [0, 0.1) is 5.92 Å². The quantitative estimate of drug-likeness (QED) is 0.835. The number of hydrogen-bond acceptors (Lipinski definition) is 2. The number of nitrogens with zero attached hydrogens (tertiary/aromatic N) is 1. The molecule has 1 aromatic rings. The highest BCUT2D eigenvalue weighted by Gasteiger charge is 2.17. The fourth-order valence-electron chi connectivity index (χ4n) is 2.86. The van der Waals surface area contributed by atoms with E-state index < -0.39 is 0 Å². The Morgan fingerprint density at radius 1 is 1.32 bits per heavy atom. The number of benzene rings is 1. The van der Waals surface area contributed by atoms with Gasteiger partial charge in [-0.1, -0.05) is 41.8 Å². The number of anilines is 1. The van der Waals surface area contributed by atoms with E-state index in [4.69, 9.17) is 0 Å². The molecular formula is C16H25BrN2. The van der Waals surface area contributed by atoms with Crippen molar-refractivity contribution in [2.24, 2.45) is 5.92 Å². The SMILES string of the molecule is CCCC1CCN(CCNc2cccc(Br)c2)CC1. The summed E-state index contributed by atoms with van der Waals surface area (Å²) in [6, 6.07) is 8.39. The van der Waals surface area contributed by atoms with Crippen LogP contribution >= 0.6 is 15.9 Å². The zero-order valence-corrected chi connectivity index (χ0v) is 13.5. The van der Waals surface area contributed by atoms with Crippen molar-refractivity contribution in [2.75, 3.05) is 31.5 Å². The Morgan fingerprint density at radius 2 is 2.11 bits per heavy atom. The molecule has 0 bridgehead atoms. The largest absolute Gasteiger partial charge is 0.384 e. The van der Waals surface area contributed by atoms with E-state index in [9.17, 15) is 0 Å². The zero-order valence-electron chi connectivity index (χ0n) is 11.9. The van der Waals surface area contributed by atoms with Gasteiger partial charge in [0.1, 0.15) is 0 Å². The molecule has 0 saturated carbocycles. The van der Waals surface area contributed by atoms with Gasteiger partial charge in [-0.25, -0.2) is 0 Å². The number of piperidine rings is 1. The molecule has 0 spiro atoms. The van der Waals surface area contributed by atoms with E-state index in [1.165, 1.54) is 44.5 Å². The van der Waals surface area contributed by atoms with Gasteiger partial charge in [-0.05, 0) is 50.0 Å². The lowest BCUT2D eigenvalue weighted by Gasteiger charge is -2.31. The fourth-order valence-corrected chi connectivity index (χ4v) is 3.26. The lowest BCUT2D eigenvalue weighted by atomic mass is 9.92. The topological polar surface area (TPSA) is 15.3 Å². The Labute approximate surface area is 125 Å². The number of nitrogens with one attached hydrogen (secondary N) is 1. The Hall–Kier alpha value is -0.540. The number of hydrogen-bond donors (Lipinski definition) is 1. The number of rotatable bonds is 6. The van der Waals surface area contributed by atoms with Crippen molar-refractivity contribution in [3.05, 3.63) is 28.7 Å². The molecular weight excluding hydrogens is 300 g/mol. The van der Waals surface area contributed by atoms with Gasteiger partial charge in [0.15, 0.2) is 0 Å². The molecule has 0 aliphatic carbocycles. The molecule has 1 heterocycles. The van der Waals surface area contributed by atoms with Gasteiger partial charge in [0.2, 0.25) is 0 Å². The molecule has 106 valence electrons. The molecule has 1 saturated heterocycles. The van der Waals surface area contributed by atoms with E-state index in [1.807, 2.05) is 0 Å². The van der Waals surface area contributed by atoms with Crippen LogP contribution < -0.4 is 5.32 Å². The molecule has 0 atom stereocenters. The molecule has 1 aliphatic heterocycles. The van der Waals surface area contributed by atoms with E-state index in [0.717, 1.165) is 23.5 Å². The number of likely N-dealkylation sites (tertiary alicyclic amines) is 1. The second kappa shape index (κ2) is 7.91. The molecule has 0 aromatic heterocycles. The normalized spacial score (nSPS) is 17.6. The highest BCUT2D eigenvalue weighted by Crippen LogP contribution is 2.21. The molecule has 19 heavy (non-hydrogen) atoms. The summed E-state index contributed by atoms with van der Waals surface area (Å²) in [5, 5.41) is 3.50. The first-order valence-electron chi connectivity index (χ1n) is 7.49. The molecule has 3 heteroatoms. The third kappa shape index (κ3) is 5.15. The van der Waals surface area contributed by atoms with Gasteiger partial charge < -0.3 is 10.2 Å². The Balaban J connectivity index is 1.64. The molecule has 0 amide bonds. The summed E-state index contributed by atoms with van der Waals surface area (Å²) in [4.78, 5) is 2.59. The maximum absolute atomic E-state index is 3.50. The molecule has 0 radical (unpaired) electrons. The van der Waals surface area contributed by atoms with Crippen molar-refractivity contribution in [1.29, 1.82) is 0 Å². The summed E-state index contributed by atoms with van der Waals surface area (Å²) in [6.45, 7) is 7.06. The highest BCUT2D eigenvalue weighted by atomic mass is 79.9. The van der Waals surface area contributed by atoms with Crippen molar-refractivity contribution >= 4 is 21.6 Å². The average molecular weight is 325 g/mol. The van der Waals surface area contributed by atoms with Crippen molar-refractivity contribution < 1.29 is 0 Å². The van der Waals surface area contributed by atoms with Crippen LogP contribution in [0.3, 0.4) is 0 Å². The summed E-state index contributed by atoms with van der Waals surface area (Å²) >= 11 is 3.50. The van der Waals surface area contributed by atoms with E-state index in [0.29, 0.717) is 0 Å². The van der Waals surface area contributed by atoms with E-state index in [1.54, 1.807) is 0 Å². The third-order valence-corrected chi connectivity index (χ3v) is 4.48. The first-order chi connectivity index (χ1) is 9.28. The van der Waals surface area contributed by atoms with E-state index >= 15 is 0 Å². The summed E-state index contributed by atoms with van der Waals surface area (Å²) in [6.07, 6.45) is 5.55. The second-order valence-corrected chi connectivity index (χ2v) is 6.43. The van der Waals surface area contributed by atoms with Gasteiger partial charge in [0, 0.05) is 23.2 Å². The monoisotopic (exact) mass is 324 g/mol. The van der Waals surface area contributed by atoms with Crippen LogP contribution in [-0.4, -0.2) is 31.1 Å². The van der Waals surface area contributed by atoms with Gasteiger partial charge in [0.05, 0.1) is 0 Å². The minimum Gasteiger partial charge on any atom is -0.384 e. The minimum absolute atomic E-state index is 0.985. The van der Waals surface area contributed by atoms with Crippen molar-refractivity contribution in [3.63, 3.8) is 0 Å². The summed E-state index contributed by atoms with van der Waals surface area (Å²) in [5.74, 6) is 0.985. The predicted octanol–water partition coefficient (Wildman–Crippen LogP) is 4.37. The van der Waals surface area contributed by atoms with Crippen LogP contribution in [0.2, 0.25) is 0 Å². The molecule has 2 rings (SSSR count). The van der Waals surface area contributed by atoms with E-state index in [-0.39, 0.29) is 0 Å². The average Bonchev–Trinajstić information content (AvgIpc) is 2.41. The van der Waals surface area contributed by atoms with Crippen LogP contribution in [0.1, 0.15) is 32.6 Å². The molecule has 0 unspecified atom stereocenters. The Morgan fingerprint density at radius 3 is 2.79 bits per heavy atom. The highest BCUT2D eigenvalue weighted by molar-refractivity contribution is 9.10. The lowest BCUT2D eigenvalue weighted by molar-refractivity contribution is 0.184. The lowest BCUT2D eigenvalue weighted by Crippen LogP contribution is -2.36. The van der Waals surface area contributed by atoms with E-state index in [2.05, 4.69) is 57.3 Å². The standard InChI is InChI=1S/C16H25BrN2/c1-2-4-14-7-10-19(11-8-14)12-9-18-16-6-3-5-15(17)13-16/h3,5-6,13-14,18H,2,4,7-12H2,1H3. The molecule has 1 fully saturated rings. The molecule has 1 aromatic carbocycles. The van der Waals surface area contributed by atoms with Crippen LogP contribution in [0.15, 0.2) is 28.7 Å². The molecule has 1 N–H and O–H groups in total. The van der Waals surface area contributed by atoms with Crippen molar-refractivity contribution in [2.45, 2.75) is 32.6 Å². The first-order valence-corrected chi connectivity index (χ1v) is 8.29. The second-order valence-electron chi connectivity index (χ2n) is 5.51. The van der Waals surface area contributed by atoms with Crippen molar-refractivity contribution in [3.8, 4) is 0 Å². The zero-order chi connectivity index (χ0) is 13.5. The van der Waals surface area contributed by atoms with Crippen LogP contribution in [0.4, 0.5) is 5.69 Å². The Kier molecular flexibility index (Phi) is 6.18. The van der Waals surface area contributed by atoms with Crippen LogP contribution in [0.5, 0.6) is 0 Å². The maximum Gasteiger partial charge on any atom is 0.0351 e. The van der Waals surface area contributed by atoms with Gasteiger partial charge in [-0.2, -0.15) is 0 Å². The van der Waals surface area contributed by atoms with Gasteiger partial charge >= 0.3 is 0 Å². The minimum atomic E-state index is 0.985. The third-order valence-electron chi connectivity index (χ3n) is 3.99. The number of halogens is 1. The Bertz CT molecular complexity index is 373. The predicted molar refractivity (Wildman–Crippen MR) is 86.7 cm³/mol. The summed E-state index contributed by atoms with van der Waals surface area (Å²) in [7, 11) is 0. The smallest absolute Gasteiger partial charge is 0.0351 e. The fraction of sp³-hybridized carbons (Fsp3) is 0.625. The van der Waals surface area contributed by atoms with Gasteiger partial charge in [-0.15, -0.1) is 0 Å². The first kappa shape index (κ1) is 14.9. The molecule has 1 aliphatic rings. The maximum atomic E-state index is 3.50. The summed E-state index contributed by atoms with van der Waals surface area (Å²) in [5.41, 5.74) is 1.20. The molecule has 2 nitrogen and oxygen atoms in total. The van der Waals surface area contributed by atoms with Gasteiger partial charge in [-0.3, -0.25) is 0 Å². The van der Waals surface area contributed by atoms with Gasteiger partial charge in [0.25, 0.3) is 0 Å². The summed E-state index contributed by atoms with van der Waals surface area (Å²) < 4.78 is 1.14. The van der Waals surface area contributed by atoms with Crippen LogP contribution in [-0.2, 0) is 0 Å². The van der Waals surface area contributed by atoms with Crippen LogP contribution in [0.25, 0.3) is 0 Å². The van der Waals surface area contributed by atoms with Crippen molar-refractivity contribution in [1.82, 2.24) is 4.90 Å².